The second-order valence-electron chi connectivity index (χ2n) is 7.13. The number of aryl methyl sites for hydroxylation is 2. The molecule has 144 valence electrons. The first-order valence-electron chi connectivity index (χ1n) is 9.33. The second-order valence-corrected chi connectivity index (χ2v) is 7.13. The summed E-state index contributed by atoms with van der Waals surface area (Å²) in [6, 6.07) is 19.2. The molecule has 0 spiro atoms. The lowest BCUT2D eigenvalue weighted by molar-refractivity contribution is -0.132. The number of anilines is 1. The largest absolute Gasteiger partial charge is 0.507 e. The second kappa shape index (κ2) is 7.36. The van der Waals surface area contributed by atoms with Crippen molar-refractivity contribution in [1.82, 2.24) is 4.98 Å². The highest BCUT2D eigenvalue weighted by Gasteiger charge is 2.47. The number of aliphatic hydroxyl groups is 1. The summed E-state index contributed by atoms with van der Waals surface area (Å²) in [5.74, 6) is -1.25. The molecule has 5 nitrogen and oxygen atoms in total. The Morgan fingerprint density at radius 1 is 0.897 bits per heavy atom. The number of rotatable bonds is 3. The smallest absolute Gasteiger partial charge is 0.301 e. The van der Waals surface area contributed by atoms with Gasteiger partial charge in [-0.15, -0.1) is 0 Å². The fourth-order valence-electron chi connectivity index (χ4n) is 3.50. The molecule has 4 rings (SSSR count). The topological polar surface area (TPSA) is 70.5 Å². The molecular weight excluding hydrogens is 364 g/mol. The molecule has 0 radical (unpaired) electrons. The molecule has 0 unspecified atom stereocenters. The van der Waals surface area contributed by atoms with Crippen LogP contribution in [-0.4, -0.2) is 21.8 Å². The summed E-state index contributed by atoms with van der Waals surface area (Å²) in [4.78, 5) is 31.6. The van der Waals surface area contributed by atoms with Gasteiger partial charge in [-0.05, 0) is 31.5 Å². The zero-order valence-corrected chi connectivity index (χ0v) is 16.2. The van der Waals surface area contributed by atoms with E-state index in [0.717, 1.165) is 16.7 Å². The Morgan fingerprint density at radius 2 is 1.52 bits per heavy atom. The maximum atomic E-state index is 13.0. The van der Waals surface area contributed by atoms with Crippen molar-refractivity contribution in [2.24, 2.45) is 0 Å². The summed E-state index contributed by atoms with van der Waals surface area (Å²) in [6.07, 6.45) is 1.57. The number of aromatic nitrogens is 1. The van der Waals surface area contributed by atoms with Crippen LogP contribution >= 0.6 is 0 Å². The summed E-state index contributed by atoms with van der Waals surface area (Å²) in [5, 5.41) is 11.0. The molecule has 1 N–H and O–H groups in total. The number of benzene rings is 2. The van der Waals surface area contributed by atoms with Crippen LogP contribution in [0, 0.1) is 13.8 Å². The normalized spacial score (nSPS) is 18.3. The number of carbonyl (C=O) groups is 2. The van der Waals surface area contributed by atoms with Crippen LogP contribution in [-0.2, 0) is 9.59 Å². The summed E-state index contributed by atoms with van der Waals surface area (Å²) in [6.45, 7) is 3.90. The number of carbonyl (C=O) groups excluding carboxylic acids is 2. The first-order valence-corrected chi connectivity index (χ1v) is 9.33. The number of aliphatic hydroxyl groups excluding tert-OH is 1. The lowest BCUT2D eigenvalue weighted by atomic mass is 9.94. The van der Waals surface area contributed by atoms with Gasteiger partial charge in [0.1, 0.15) is 11.6 Å². The summed E-state index contributed by atoms with van der Waals surface area (Å²) >= 11 is 0. The lowest BCUT2D eigenvalue weighted by Gasteiger charge is -2.24. The van der Waals surface area contributed by atoms with E-state index in [0.29, 0.717) is 11.4 Å². The number of Topliss-reactive ketones (excluding diaryl/α,β-unsaturated/α-hetero) is 1. The van der Waals surface area contributed by atoms with Crippen LogP contribution in [0.5, 0.6) is 0 Å². The van der Waals surface area contributed by atoms with Gasteiger partial charge >= 0.3 is 5.91 Å². The summed E-state index contributed by atoms with van der Waals surface area (Å²) < 4.78 is 0. The molecule has 1 atom stereocenters. The van der Waals surface area contributed by atoms with Gasteiger partial charge in [-0.3, -0.25) is 14.5 Å². The van der Waals surface area contributed by atoms with Gasteiger partial charge < -0.3 is 5.11 Å². The first-order chi connectivity index (χ1) is 14.0. The van der Waals surface area contributed by atoms with Crippen molar-refractivity contribution in [3.8, 4) is 0 Å². The molecule has 1 saturated heterocycles. The van der Waals surface area contributed by atoms with Crippen molar-refractivity contribution < 1.29 is 14.7 Å². The molecule has 1 amide bonds. The standard InChI is InChI=1S/C24H20N2O3/c1-15-6-10-17(11-7-15)21-20(22(27)18-12-8-16(2)9-13-18)23(28)24(29)26(21)19-5-3-4-14-25-19/h3-14,21,27H,1-2H3/b22-20+/t21-/m0/s1. The van der Waals surface area contributed by atoms with E-state index in [2.05, 4.69) is 4.98 Å². The van der Waals surface area contributed by atoms with Gasteiger partial charge in [0.2, 0.25) is 0 Å². The summed E-state index contributed by atoms with van der Waals surface area (Å²) in [5.41, 5.74) is 3.38. The van der Waals surface area contributed by atoms with E-state index >= 15 is 0 Å². The van der Waals surface area contributed by atoms with E-state index in [-0.39, 0.29) is 11.3 Å². The number of ketones is 1. The number of amides is 1. The van der Waals surface area contributed by atoms with Crippen molar-refractivity contribution in [1.29, 1.82) is 0 Å². The van der Waals surface area contributed by atoms with E-state index in [1.165, 1.54) is 4.90 Å². The van der Waals surface area contributed by atoms with E-state index in [1.807, 2.05) is 50.2 Å². The van der Waals surface area contributed by atoms with E-state index in [1.54, 1.807) is 36.5 Å². The molecule has 1 fully saturated rings. The Balaban J connectivity index is 1.94. The maximum Gasteiger partial charge on any atom is 0.301 e. The molecule has 0 aliphatic carbocycles. The van der Waals surface area contributed by atoms with E-state index in [9.17, 15) is 14.7 Å². The molecule has 1 aliphatic rings. The lowest BCUT2D eigenvalue weighted by Crippen LogP contribution is -2.30. The molecule has 5 heteroatoms. The van der Waals surface area contributed by atoms with E-state index < -0.39 is 17.7 Å². The average molecular weight is 384 g/mol. The maximum absolute atomic E-state index is 13.0. The van der Waals surface area contributed by atoms with Crippen LogP contribution in [0.2, 0.25) is 0 Å². The Kier molecular flexibility index (Phi) is 4.72. The number of nitrogens with zero attached hydrogens (tertiary/aromatic N) is 2. The van der Waals surface area contributed by atoms with Gasteiger partial charge in [-0.25, -0.2) is 4.98 Å². The van der Waals surface area contributed by atoms with Crippen LogP contribution in [0.3, 0.4) is 0 Å². The minimum Gasteiger partial charge on any atom is -0.507 e. The molecule has 2 aromatic carbocycles. The van der Waals surface area contributed by atoms with Crippen LogP contribution in [0.25, 0.3) is 5.76 Å². The van der Waals surface area contributed by atoms with Gasteiger partial charge in [0.15, 0.2) is 0 Å². The Labute approximate surface area is 169 Å². The predicted molar refractivity (Wildman–Crippen MR) is 111 cm³/mol. The molecule has 1 aliphatic heterocycles. The zero-order valence-electron chi connectivity index (χ0n) is 16.2. The third-order valence-electron chi connectivity index (χ3n) is 5.06. The summed E-state index contributed by atoms with van der Waals surface area (Å²) in [7, 11) is 0. The van der Waals surface area contributed by atoms with Crippen LogP contribution in [0.4, 0.5) is 5.82 Å². The molecule has 29 heavy (non-hydrogen) atoms. The fraction of sp³-hybridized carbons (Fsp3) is 0.125. The highest BCUT2D eigenvalue weighted by atomic mass is 16.3. The van der Waals surface area contributed by atoms with Crippen molar-refractivity contribution >= 4 is 23.3 Å². The number of hydrogen-bond donors (Lipinski definition) is 1. The van der Waals surface area contributed by atoms with Gasteiger partial charge in [-0.2, -0.15) is 0 Å². The van der Waals surface area contributed by atoms with Crippen molar-refractivity contribution in [2.75, 3.05) is 4.90 Å². The third-order valence-corrected chi connectivity index (χ3v) is 5.06. The van der Waals surface area contributed by atoms with Crippen molar-refractivity contribution in [3.63, 3.8) is 0 Å². The highest BCUT2D eigenvalue weighted by molar-refractivity contribution is 6.51. The molecule has 2 heterocycles. The van der Waals surface area contributed by atoms with Gasteiger partial charge in [-0.1, -0.05) is 65.7 Å². The Bertz CT molecular complexity index is 1100. The average Bonchev–Trinajstić information content (AvgIpc) is 3.00. The molecule has 0 bridgehead atoms. The van der Waals surface area contributed by atoms with Gasteiger partial charge in [0, 0.05) is 11.8 Å². The highest BCUT2D eigenvalue weighted by Crippen LogP contribution is 2.41. The van der Waals surface area contributed by atoms with Gasteiger partial charge in [0.05, 0.1) is 11.6 Å². The van der Waals surface area contributed by atoms with Crippen LogP contribution < -0.4 is 4.90 Å². The minimum atomic E-state index is -0.758. The first kappa shape index (κ1) is 18.6. The molecule has 0 saturated carbocycles. The zero-order chi connectivity index (χ0) is 20.5. The van der Waals surface area contributed by atoms with E-state index in [4.69, 9.17) is 0 Å². The fourth-order valence-corrected chi connectivity index (χ4v) is 3.50. The Hall–Kier alpha value is -3.73. The monoisotopic (exact) mass is 384 g/mol. The van der Waals surface area contributed by atoms with Gasteiger partial charge in [0.25, 0.3) is 5.78 Å². The molecular formula is C24H20N2O3. The molecule has 3 aromatic rings. The quantitative estimate of drug-likeness (QED) is 0.415. The number of pyridine rings is 1. The minimum absolute atomic E-state index is 0.0633. The predicted octanol–water partition coefficient (Wildman–Crippen LogP) is 4.32. The Morgan fingerprint density at radius 3 is 2.10 bits per heavy atom. The number of hydrogen-bond acceptors (Lipinski definition) is 4. The van der Waals surface area contributed by atoms with Crippen molar-refractivity contribution in [3.05, 3.63) is 101 Å². The SMILES string of the molecule is Cc1ccc(/C(O)=C2\C(=O)C(=O)N(c3ccccn3)[C@H]2c2ccc(C)cc2)cc1. The van der Waals surface area contributed by atoms with Crippen LogP contribution in [0.15, 0.2) is 78.5 Å². The van der Waals surface area contributed by atoms with Crippen molar-refractivity contribution in [2.45, 2.75) is 19.9 Å². The van der Waals surface area contributed by atoms with Crippen LogP contribution in [0.1, 0.15) is 28.3 Å². The molecule has 1 aromatic heterocycles. The third kappa shape index (κ3) is 3.31.